The number of halogens is 2. The van der Waals surface area contributed by atoms with Crippen molar-refractivity contribution >= 4 is 52.4 Å². The fourth-order valence-electron chi connectivity index (χ4n) is 3.41. The number of hydrogen-bond acceptors (Lipinski definition) is 6. The number of aryl methyl sites for hydroxylation is 2. The molecule has 7 nitrogen and oxygen atoms in total. The van der Waals surface area contributed by atoms with Crippen molar-refractivity contribution in [1.82, 2.24) is 15.0 Å². The van der Waals surface area contributed by atoms with Gasteiger partial charge in [-0.2, -0.15) is 15.0 Å². The SMILES string of the molecule is Cc1ccc(Cl)cc1Nc1nc(Nc2cc(Cl)ccc2C)nc(N2CC[NH+](C)CC2)n1. The molecule has 1 aliphatic rings. The molecule has 0 spiro atoms. The Bertz CT molecular complexity index is 1010. The van der Waals surface area contributed by atoms with E-state index in [1.165, 1.54) is 4.90 Å². The van der Waals surface area contributed by atoms with E-state index in [-0.39, 0.29) is 0 Å². The zero-order valence-electron chi connectivity index (χ0n) is 17.8. The summed E-state index contributed by atoms with van der Waals surface area (Å²) < 4.78 is 0. The number of likely N-dealkylation sites (N-methyl/N-ethyl adjacent to an activating group) is 1. The molecule has 0 atom stereocenters. The number of quaternary nitrogens is 1. The van der Waals surface area contributed by atoms with Crippen LogP contribution >= 0.6 is 23.2 Å². The molecule has 1 fully saturated rings. The summed E-state index contributed by atoms with van der Waals surface area (Å²) in [5.41, 5.74) is 3.82. The zero-order chi connectivity index (χ0) is 22.0. The Kier molecular flexibility index (Phi) is 6.46. The summed E-state index contributed by atoms with van der Waals surface area (Å²) in [5, 5.41) is 7.92. The highest BCUT2D eigenvalue weighted by atomic mass is 35.5. The van der Waals surface area contributed by atoms with Gasteiger partial charge in [-0.25, -0.2) is 0 Å². The first-order chi connectivity index (χ1) is 14.9. The quantitative estimate of drug-likeness (QED) is 0.542. The van der Waals surface area contributed by atoms with E-state index in [9.17, 15) is 0 Å². The Labute approximate surface area is 192 Å². The van der Waals surface area contributed by atoms with Gasteiger partial charge in [0.05, 0.1) is 33.2 Å². The van der Waals surface area contributed by atoms with Crippen LogP contribution in [-0.4, -0.2) is 48.2 Å². The number of nitrogens with one attached hydrogen (secondary N) is 3. The number of benzene rings is 2. The fourth-order valence-corrected chi connectivity index (χ4v) is 3.75. The van der Waals surface area contributed by atoms with Crippen LogP contribution in [0.15, 0.2) is 36.4 Å². The first-order valence-electron chi connectivity index (χ1n) is 10.3. The van der Waals surface area contributed by atoms with Crippen molar-refractivity contribution in [2.24, 2.45) is 0 Å². The van der Waals surface area contributed by atoms with Gasteiger partial charge in [-0.15, -0.1) is 0 Å². The third kappa shape index (κ3) is 5.36. The lowest BCUT2D eigenvalue weighted by atomic mass is 10.2. The van der Waals surface area contributed by atoms with E-state index in [0.717, 1.165) is 48.7 Å². The molecule has 0 bridgehead atoms. The topological polar surface area (TPSA) is 70.4 Å². The van der Waals surface area contributed by atoms with E-state index in [0.29, 0.717) is 27.9 Å². The van der Waals surface area contributed by atoms with Crippen LogP contribution < -0.4 is 20.4 Å². The van der Waals surface area contributed by atoms with E-state index in [1.54, 1.807) is 0 Å². The number of anilines is 5. The van der Waals surface area contributed by atoms with Gasteiger partial charge in [0.15, 0.2) is 0 Å². The lowest BCUT2D eigenvalue weighted by Gasteiger charge is -2.30. The summed E-state index contributed by atoms with van der Waals surface area (Å²) in [6.45, 7) is 7.88. The summed E-state index contributed by atoms with van der Waals surface area (Å²) in [6.07, 6.45) is 0. The molecule has 3 N–H and O–H groups in total. The summed E-state index contributed by atoms with van der Waals surface area (Å²) in [7, 11) is 2.20. The van der Waals surface area contributed by atoms with Crippen molar-refractivity contribution in [2.45, 2.75) is 13.8 Å². The molecule has 31 heavy (non-hydrogen) atoms. The van der Waals surface area contributed by atoms with Gasteiger partial charge in [-0.3, -0.25) is 0 Å². The van der Waals surface area contributed by atoms with Crippen LogP contribution in [0.2, 0.25) is 10.0 Å². The lowest BCUT2D eigenvalue weighted by Crippen LogP contribution is -3.12. The second-order valence-electron chi connectivity index (χ2n) is 7.90. The van der Waals surface area contributed by atoms with Crippen molar-refractivity contribution in [3.63, 3.8) is 0 Å². The Balaban J connectivity index is 1.69. The van der Waals surface area contributed by atoms with E-state index in [2.05, 4.69) is 27.6 Å². The molecule has 162 valence electrons. The maximum Gasteiger partial charge on any atom is 0.233 e. The van der Waals surface area contributed by atoms with Gasteiger partial charge in [0, 0.05) is 21.4 Å². The average molecular weight is 459 g/mol. The van der Waals surface area contributed by atoms with E-state index in [1.807, 2.05) is 50.2 Å². The first kappa shape index (κ1) is 21.6. The molecule has 3 aromatic rings. The molecule has 4 rings (SSSR count). The van der Waals surface area contributed by atoms with Crippen LogP contribution in [0.3, 0.4) is 0 Å². The monoisotopic (exact) mass is 458 g/mol. The summed E-state index contributed by atoms with van der Waals surface area (Å²) in [4.78, 5) is 17.7. The number of hydrogen-bond donors (Lipinski definition) is 3. The van der Waals surface area contributed by atoms with E-state index in [4.69, 9.17) is 33.2 Å². The smallest absolute Gasteiger partial charge is 0.233 e. The third-order valence-electron chi connectivity index (χ3n) is 5.42. The molecular weight excluding hydrogens is 433 g/mol. The van der Waals surface area contributed by atoms with Gasteiger partial charge in [-0.05, 0) is 49.2 Å². The van der Waals surface area contributed by atoms with Crippen molar-refractivity contribution < 1.29 is 4.90 Å². The van der Waals surface area contributed by atoms with Crippen LogP contribution in [0.5, 0.6) is 0 Å². The standard InChI is InChI=1S/C22H25Cl2N7/c1-14-4-6-16(23)12-18(14)25-20-27-21(26-19-13-17(24)7-5-15(19)2)29-22(28-20)31-10-8-30(3)9-11-31/h4-7,12-13H,8-11H2,1-3H3,(H2,25,26,27,28,29)/p+1. The molecule has 2 heterocycles. The number of rotatable bonds is 5. The largest absolute Gasteiger partial charge is 0.334 e. The maximum atomic E-state index is 6.19. The van der Waals surface area contributed by atoms with Gasteiger partial charge < -0.3 is 20.4 Å². The molecule has 1 aliphatic heterocycles. The number of aromatic nitrogens is 3. The molecule has 0 radical (unpaired) electrons. The number of nitrogens with zero attached hydrogens (tertiary/aromatic N) is 4. The minimum atomic E-state index is 0.462. The van der Waals surface area contributed by atoms with Gasteiger partial charge in [0.25, 0.3) is 0 Å². The van der Waals surface area contributed by atoms with Gasteiger partial charge in [0.1, 0.15) is 0 Å². The molecule has 1 aromatic heterocycles. The van der Waals surface area contributed by atoms with Gasteiger partial charge in [-0.1, -0.05) is 35.3 Å². The Morgan fingerprint density at radius 2 is 1.29 bits per heavy atom. The average Bonchev–Trinajstić information content (AvgIpc) is 2.74. The van der Waals surface area contributed by atoms with E-state index >= 15 is 0 Å². The normalized spacial score (nSPS) is 14.5. The van der Waals surface area contributed by atoms with Gasteiger partial charge >= 0.3 is 0 Å². The van der Waals surface area contributed by atoms with E-state index < -0.39 is 0 Å². The second kappa shape index (κ2) is 9.26. The first-order valence-corrected chi connectivity index (χ1v) is 11.0. The highest BCUT2D eigenvalue weighted by Crippen LogP contribution is 2.26. The van der Waals surface area contributed by atoms with Crippen molar-refractivity contribution in [2.75, 3.05) is 48.8 Å². The van der Waals surface area contributed by atoms with Crippen LogP contribution in [0.25, 0.3) is 0 Å². The molecule has 0 amide bonds. The van der Waals surface area contributed by atoms with Crippen molar-refractivity contribution in [3.8, 4) is 0 Å². The minimum Gasteiger partial charge on any atom is -0.334 e. The second-order valence-corrected chi connectivity index (χ2v) is 8.77. The van der Waals surface area contributed by atoms with Crippen molar-refractivity contribution in [3.05, 3.63) is 57.6 Å². The summed E-state index contributed by atoms with van der Waals surface area (Å²) in [6, 6.07) is 11.4. The predicted octanol–water partition coefficient (Wildman–Crippen LogP) is 3.62. The molecule has 2 aromatic carbocycles. The third-order valence-corrected chi connectivity index (χ3v) is 5.89. The Morgan fingerprint density at radius 3 is 1.77 bits per heavy atom. The molecule has 0 unspecified atom stereocenters. The van der Waals surface area contributed by atoms with Crippen LogP contribution in [0.4, 0.5) is 29.2 Å². The molecule has 0 aliphatic carbocycles. The van der Waals surface area contributed by atoms with Crippen molar-refractivity contribution in [1.29, 1.82) is 0 Å². The lowest BCUT2D eigenvalue weighted by molar-refractivity contribution is -0.880. The predicted molar refractivity (Wildman–Crippen MR) is 128 cm³/mol. The molecular formula is C22H26Cl2N7+. The minimum absolute atomic E-state index is 0.462. The molecule has 0 saturated carbocycles. The summed E-state index contributed by atoms with van der Waals surface area (Å²) >= 11 is 12.4. The number of piperazine rings is 1. The Hall–Kier alpha value is -2.61. The highest BCUT2D eigenvalue weighted by Gasteiger charge is 2.21. The van der Waals surface area contributed by atoms with Gasteiger partial charge in [0.2, 0.25) is 17.8 Å². The highest BCUT2D eigenvalue weighted by molar-refractivity contribution is 6.31. The molecule has 1 saturated heterocycles. The fraction of sp³-hybridized carbons (Fsp3) is 0.318. The maximum absolute atomic E-state index is 6.19. The zero-order valence-corrected chi connectivity index (χ0v) is 19.3. The van der Waals surface area contributed by atoms with Crippen LogP contribution in [-0.2, 0) is 0 Å². The Morgan fingerprint density at radius 1 is 0.806 bits per heavy atom. The molecule has 9 heteroatoms. The van der Waals surface area contributed by atoms with Crippen LogP contribution in [0, 0.1) is 13.8 Å². The van der Waals surface area contributed by atoms with Crippen LogP contribution in [0.1, 0.15) is 11.1 Å². The summed E-state index contributed by atoms with van der Waals surface area (Å²) in [5.74, 6) is 1.57.